The average molecular weight is 470 g/mol. The first-order chi connectivity index (χ1) is 15.4. The molecule has 0 radical (unpaired) electrons. The number of nitrogens with one attached hydrogen (secondary N) is 1. The molecule has 1 spiro atoms. The lowest BCUT2D eigenvalue weighted by molar-refractivity contribution is -0.130. The third-order valence-corrected chi connectivity index (χ3v) is 6.79. The van der Waals surface area contributed by atoms with E-state index >= 15 is 0 Å². The maximum Gasteiger partial charge on any atom is 0.253 e. The van der Waals surface area contributed by atoms with Gasteiger partial charge in [-0.2, -0.15) is 0 Å². The standard InChI is InChI=1S/C23H21Cl2N5O2/c24-17-9-15(10-18(25)12-17)1-4-21(31)29-7-5-23(6-8-29)13-30(14-23)22(32)16-2-3-19-20(11-16)27-28-26-19/h1-4,9-12H,5-8,13-14H2,(H,26,27,28). The quantitative estimate of drug-likeness (QED) is 0.586. The molecule has 7 nitrogen and oxygen atoms in total. The molecule has 9 heteroatoms. The number of carbonyl (C=O) groups is 2. The second kappa shape index (κ2) is 8.22. The van der Waals surface area contributed by atoms with Crippen molar-refractivity contribution in [2.75, 3.05) is 26.2 Å². The van der Waals surface area contributed by atoms with Crippen molar-refractivity contribution in [2.24, 2.45) is 5.41 Å². The van der Waals surface area contributed by atoms with Crippen LogP contribution in [0.15, 0.2) is 42.5 Å². The van der Waals surface area contributed by atoms with Crippen molar-refractivity contribution in [3.8, 4) is 0 Å². The largest absolute Gasteiger partial charge is 0.339 e. The van der Waals surface area contributed by atoms with Gasteiger partial charge in [-0.3, -0.25) is 14.7 Å². The summed E-state index contributed by atoms with van der Waals surface area (Å²) in [6.45, 7) is 2.82. The van der Waals surface area contributed by atoms with E-state index in [1.54, 1.807) is 42.5 Å². The molecule has 0 atom stereocenters. The van der Waals surface area contributed by atoms with E-state index in [0.29, 0.717) is 34.2 Å². The van der Waals surface area contributed by atoms with Crippen molar-refractivity contribution in [3.05, 3.63) is 63.6 Å². The molecule has 2 aliphatic heterocycles. The number of aromatic amines is 1. The maximum atomic E-state index is 12.8. The van der Waals surface area contributed by atoms with Gasteiger partial charge in [0.05, 0.1) is 5.52 Å². The molecule has 2 saturated heterocycles. The fraction of sp³-hybridized carbons (Fsp3) is 0.304. The number of likely N-dealkylation sites (tertiary alicyclic amines) is 2. The van der Waals surface area contributed by atoms with E-state index in [9.17, 15) is 9.59 Å². The Hall–Kier alpha value is -2.90. The number of benzene rings is 2. The van der Waals surface area contributed by atoms with Crippen LogP contribution in [0.25, 0.3) is 17.1 Å². The van der Waals surface area contributed by atoms with Gasteiger partial charge in [0.15, 0.2) is 0 Å². The van der Waals surface area contributed by atoms with Crippen molar-refractivity contribution in [3.63, 3.8) is 0 Å². The molecule has 3 heterocycles. The number of H-pyrrole nitrogens is 1. The highest BCUT2D eigenvalue weighted by atomic mass is 35.5. The Morgan fingerprint density at radius 2 is 1.72 bits per heavy atom. The van der Waals surface area contributed by atoms with Gasteiger partial charge in [-0.05, 0) is 60.9 Å². The van der Waals surface area contributed by atoms with E-state index in [2.05, 4.69) is 15.4 Å². The minimum Gasteiger partial charge on any atom is -0.339 e. The molecule has 3 aromatic rings. The molecule has 2 aromatic carbocycles. The third kappa shape index (κ3) is 4.10. The summed E-state index contributed by atoms with van der Waals surface area (Å²) in [6, 6.07) is 10.6. The van der Waals surface area contributed by atoms with E-state index in [-0.39, 0.29) is 17.2 Å². The Labute approximate surface area is 195 Å². The van der Waals surface area contributed by atoms with Gasteiger partial charge in [-0.15, -0.1) is 5.10 Å². The highest BCUT2D eigenvalue weighted by Gasteiger charge is 2.47. The summed E-state index contributed by atoms with van der Waals surface area (Å²) in [5, 5.41) is 11.6. The highest BCUT2D eigenvalue weighted by Crippen LogP contribution is 2.41. The van der Waals surface area contributed by atoms with Crippen LogP contribution < -0.4 is 0 Å². The van der Waals surface area contributed by atoms with Crippen molar-refractivity contribution in [1.29, 1.82) is 0 Å². The topological polar surface area (TPSA) is 82.2 Å². The molecule has 2 fully saturated rings. The molecule has 0 aliphatic carbocycles. The van der Waals surface area contributed by atoms with Gasteiger partial charge in [0.25, 0.3) is 5.91 Å². The first-order valence-electron chi connectivity index (χ1n) is 10.4. The molecule has 0 bridgehead atoms. The predicted molar refractivity (Wildman–Crippen MR) is 124 cm³/mol. The molecule has 5 rings (SSSR count). The fourth-order valence-corrected chi connectivity index (χ4v) is 5.07. The summed E-state index contributed by atoms with van der Waals surface area (Å²) in [5.74, 6) is -0.00809. The molecule has 1 aromatic heterocycles. The number of fused-ring (bicyclic) bond motifs is 1. The second-order valence-corrected chi connectivity index (χ2v) is 9.44. The van der Waals surface area contributed by atoms with Crippen LogP contribution in [0.3, 0.4) is 0 Å². The summed E-state index contributed by atoms with van der Waals surface area (Å²) < 4.78 is 0. The third-order valence-electron chi connectivity index (χ3n) is 6.35. The number of halogens is 2. The van der Waals surface area contributed by atoms with Gasteiger partial charge in [0.1, 0.15) is 5.52 Å². The van der Waals surface area contributed by atoms with Gasteiger partial charge < -0.3 is 9.80 Å². The normalized spacial score (nSPS) is 17.8. The maximum absolute atomic E-state index is 12.8. The monoisotopic (exact) mass is 469 g/mol. The zero-order valence-corrected chi connectivity index (χ0v) is 18.7. The summed E-state index contributed by atoms with van der Waals surface area (Å²) in [5.41, 5.74) is 3.02. The van der Waals surface area contributed by atoms with Gasteiger partial charge in [0.2, 0.25) is 5.91 Å². The van der Waals surface area contributed by atoms with Crippen LogP contribution >= 0.6 is 23.2 Å². The molecule has 0 saturated carbocycles. The first-order valence-corrected chi connectivity index (χ1v) is 11.2. The second-order valence-electron chi connectivity index (χ2n) is 8.57. The highest BCUT2D eigenvalue weighted by molar-refractivity contribution is 6.34. The van der Waals surface area contributed by atoms with Crippen molar-refractivity contribution < 1.29 is 9.59 Å². The van der Waals surface area contributed by atoms with Crippen LogP contribution in [0.4, 0.5) is 0 Å². The SMILES string of the molecule is O=C(C=Cc1cc(Cl)cc(Cl)c1)N1CCC2(CC1)CN(C(=O)c1ccc3[nH]nnc3c1)C2. The predicted octanol–water partition coefficient (Wildman–Crippen LogP) is 4.04. The smallest absolute Gasteiger partial charge is 0.253 e. The number of piperidine rings is 1. The average Bonchev–Trinajstić information content (AvgIpc) is 3.23. The Balaban J connectivity index is 1.15. The van der Waals surface area contributed by atoms with Crippen LogP contribution in [-0.2, 0) is 4.79 Å². The Bertz CT molecular complexity index is 1200. The van der Waals surface area contributed by atoms with Gasteiger partial charge >= 0.3 is 0 Å². The van der Waals surface area contributed by atoms with Gasteiger partial charge in [0, 0.05) is 53.3 Å². The number of aromatic nitrogens is 3. The van der Waals surface area contributed by atoms with E-state index in [1.165, 1.54) is 0 Å². The van der Waals surface area contributed by atoms with Crippen LogP contribution in [0.5, 0.6) is 0 Å². The lowest BCUT2D eigenvalue weighted by atomic mass is 9.71. The molecule has 2 aliphatic rings. The van der Waals surface area contributed by atoms with Gasteiger partial charge in [-0.1, -0.05) is 28.4 Å². The lowest BCUT2D eigenvalue weighted by Gasteiger charge is -2.53. The summed E-state index contributed by atoms with van der Waals surface area (Å²) in [6.07, 6.45) is 5.08. The van der Waals surface area contributed by atoms with Crippen LogP contribution in [-0.4, -0.2) is 63.2 Å². The lowest BCUT2D eigenvalue weighted by Crippen LogP contribution is -2.62. The van der Waals surface area contributed by atoms with Crippen molar-refractivity contribution >= 4 is 52.1 Å². The molecular formula is C23H21Cl2N5O2. The molecular weight excluding hydrogens is 449 g/mol. The van der Waals surface area contributed by atoms with Crippen molar-refractivity contribution in [2.45, 2.75) is 12.8 Å². The van der Waals surface area contributed by atoms with Crippen molar-refractivity contribution in [1.82, 2.24) is 25.2 Å². The number of carbonyl (C=O) groups excluding carboxylic acids is 2. The Morgan fingerprint density at radius 1 is 1.00 bits per heavy atom. The zero-order valence-electron chi connectivity index (χ0n) is 17.2. The van der Waals surface area contributed by atoms with E-state index in [1.807, 2.05) is 15.9 Å². The van der Waals surface area contributed by atoms with E-state index in [4.69, 9.17) is 23.2 Å². The fourth-order valence-electron chi connectivity index (χ4n) is 4.53. The van der Waals surface area contributed by atoms with Crippen LogP contribution in [0, 0.1) is 5.41 Å². The minimum atomic E-state index is -0.0240. The van der Waals surface area contributed by atoms with Crippen LogP contribution in [0.2, 0.25) is 10.0 Å². The number of hydrogen-bond acceptors (Lipinski definition) is 4. The molecule has 164 valence electrons. The minimum absolute atomic E-state index is 0.0159. The number of nitrogens with zero attached hydrogens (tertiary/aromatic N) is 4. The molecule has 1 N–H and O–H groups in total. The summed E-state index contributed by atoms with van der Waals surface area (Å²) >= 11 is 12.0. The number of hydrogen-bond donors (Lipinski definition) is 1. The number of rotatable bonds is 3. The first kappa shape index (κ1) is 21.0. The summed E-state index contributed by atoms with van der Waals surface area (Å²) in [4.78, 5) is 29.2. The Kier molecular flexibility index (Phi) is 5.39. The Morgan fingerprint density at radius 3 is 2.44 bits per heavy atom. The van der Waals surface area contributed by atoms with Crippen LogP contribution in [0.1, 0.15) is 28.8 Å². The van der Waals surface area contributed by atoms with E-state index < -0.39 is 0 Å². The van der Waals surface area contributed by atoms with Gasteiger partial charge in [-0.25, -0.2) is 0 Å². The molecule has 2 amide bonds. The zero-order chi connectivity index (χ0) is 22.3. The summed E-state index contributed by atoms with van der Waals surface area (Å²) in [7, 11) is 0. The number of amides is 2. The molecule has 0 unspecified atom stereocenters. The van der Waals surface area contributed by atoms with E-state index in [0.717, 1.165) is 37.0 Å². The molecule has 32 heavy (non-hydrogen) atoms.